The molecule has 0 aromatic heterocycles. The molecule has 0 unspecified atom stereocenters. The van der Waals surface area contributed by atoms with E-state index in [2.05, 4.69) is 0 Å². The first-order valence-corrected chi connectivity index (χ1v) is 9.13. The molecule has 0 aliphatic heterocycles. The van der Waals surface area contributed by atoms with Crippen molar-refractivity contribution in [3.05, 3.63) is 53.6 Å². The van der Waals surface area contributed by atoms with E-state index in [1.807, 2.05) is 45.0 Å². The molecular weight excluding hydrogens is 312 g/mol. The highest BCUT2D eigenvalue weighted by Gasteiger charge is 2.25. The molecule has 0 bridgehead atoms. The Morgan fingerprint density at radius 3 is 1.88 bits per heavy atom. The predicted molar refractivity (Wildman–Crippen MR) is 101 cm³/mol. The Balaban J connectivity index is 1.68. The second kappa shape index (κ2) is 6.99. The third-order valence-electron chi connectivity index (χ3n) is 4.96. The predicted octanol–water partition coefficient (Wildman–Crippen LogP) is 5.72. The van der Waals surface area contributed by atoms with Crippen LogP contribution in [-0.2, 0) is 0 Å². The summed E-state index contributed by atoms with van der Waals surface area (Å²) in [6.45, 7) is 5.96. The Kier molecular flexibility index (Phi) is 4.94. The second-order valence-electron chi connectivity index (χ2n) is 8.08. The molecule has 3 rings (SSSR count). The molecule has 134 valence electrons. The monoisotopic (exact) mass is 340 g/mol. The minimum atomic E-state index is -0.327. The standard InChI is InChI=1S/C22H28O3/c1-22(2,3)25-21-14-18(10-13-20(21)24)17-6-4-15(5-7-17)16-8-11-19(23)12-9-16/h8-15,17,23-24H,4-7H2,1-3H3. The third-order valence-corrected chi connectivity index (χ3v) is 4.96. The van der Waals surface area contributed by atoms with Gasteiger partial charge in [-0.05, 0) is 93.7 Å². The maximum atomic E-state index is 10.1. The van der Waals surface area contributed by atoms with Crippen molar-refractivity contribution in [3.8, 4) is 17.2 Å². The van der Waals surface area contributed by atoms with Crippen LogP contribution in [-0.4, -0.2) is 15.8 Å². The minimum absolute atomic E-state index is 0.205. The van der Waals surface area contributed by atoms with Crippen LogP contribution >= 0.6 is 0 Å². The zero-order valence-electron chi connectivity index (χ0n) is 15.3. The van der Waals surface area contributed by atoms with Crippen LogP contribution in [0.2, 0.25) is 0 Å². The summed E-state index contributed by atoms with van der Waals surface area (Å²) in [5.41, 5.74) is 2.24. The maximum Gasteiger partial charge on any atom is 0.161 e. The topological polar surface area (TPSA) is 49.7 Å². The number of phenols is 2. The van der Waals surface area contributed by atoms with Gasteiger partial charge in [0, 0.05) is 0 Å². The summed E-state index contributed by atoms with van der Waals surface area (Å²) in [5.74, 6) is 2.19. The smallest absolute Gasteiger partial charge is 0.161 e. The number of hydrogen-bond acceptors (Lipinski definition) is 3. The quantitative estimate of drug-likeness (QED) is 0.751. The van der Waals surface area contributed by atoms with Crippen LogP contribution in [0.25, 0.3) is 0 Å². The molecule has 1 aliphatic carbocycles. The molecule has 0 spiro atoms. The van der Waals surface area contributed by atoms with Crippen molar-refractivity contribution in [3.63, 3.8) is 0 Å². The fourth-order valence-electron chi connectivity index (χ4n) is 3.70. The Bertz CT molecular complexity index is 705. The molecule has 0 radical (unpaired) electrons. The van der Waals surface area contributed by atoms with E-state index in [0.717, 1.165) is 25.7 Å². The van der Waals surface area contributed by atoms with Gasteiger partial charge in [0.05, 0.1) is 0 Å². The lowest BCUT2D eigenvalue weighted by molar-refractivity contribution is 0.125. The lowest BCUT2D eigenvalue weighted by atomic mass is 9.76. The van der Waals surface area contributed by atoms with Gasteiger partial charge in [0.15, 0.2) is 11.5 Å². The molecule has 3 heteroatoms. The highest BCUT2D eigenvalue weighted by Crippen LogP contribution is 2.42. The molecule has 2 N–H and O–H groups in total. The zero-order valence-corrected chi connectivity index (χ0v) is 15.3. The number of phenolic OH excluding ortho intramolecular Hbond substituents is 2. The molecule has 2 aromatic rings. The lowest BCUT2D eigenvalue weighted by Gasteiger charge is -2.30. The van der Waals surface area contributed by atoms with Gasteiger partial charge in [-0.15, -0.1) is 0 Å². The Morgan fingerprint density at radius 1 is 0.800 bits per heavy atom. The summed E-state index contributed by atoms with van der Waals surface area (Å²) in [6, 6.07) is 13.4. The second-order valence-corrected chi connectivity index (χ2v) is 8.08. The van der Waals surface area contributed by atoms with E-state index in [0.29, 0.717) is 23.3 Å². The molecule has 2 aromatic carbocycles. The van der Waals surface area contributed by atoms with Crippen molar-refractivity contribution in [2.75, 3.05) is 0 Å². The van der Waals surface area contributed by atoms with E-state index in [1.165, 1.54) is 11.1 Å². The van der Waals surface area contributed by atoms with E-state index in [9.17, 15) is 10.2 Å². The van der Waals surface area contributed by atoms with Crippen LogP contribution in [0.4, 0.5) is 0 Å². The largest absolute Gasteiger partial charge is 0.508 e. The summed E-state index contributed by atoms with van der Waals surface area (Å²) >= 11 is 0. The normalized spacial score (nSPS) is 21.1. The van der Waals surface area contributed by atoms with Crippen molar-refractivity contribution < 1.29 is 14.9 Å². The highest BCUT2D eigenvalue weighted by atomic mass is 16.5. The summed E-state index contributed by atoms with van der Waals surface area (Å²) < 4.78 is 5.89. The highest BCUT2D eigenvalue weighted by molar-refractivity contribution is 5.43. The Morgan fingerprint density at radius 2 is 1.32 bits per heavy atom. The van der Waals surface area contributed by atoms with Crippen molar-refractivity contribution in [2.45, 2.75) is 63.9 Å². The summed E-state index contributed by atoms with van der Waals surface area (Å²) in [5, 5.41) is 19.5. The van der Waals surface area contributed by atoms with Gasteiger partial charge in [0.1, 0.15) is 11.4 Å². The van der Waals surface area contributed by atoms with Gasteiger partial charge >= 0.3 is 0 Å². The molecule has 1 fully saturated rings. The van der Waals surface area contributed by atoms with Gasteiger partial charge in [-0.3, -0.25) is 0 Å². The summed E-state index contributed by atoms with van der Waals surface area (Å²) in [7, 11) is 0. The van der Waals surface area contributed by atoms with Gasteiger partial charge in [-0.2, -0.15) is 0 Å². The average molecular weight is 340 g/mol. The lowest BCUT2D eigenvalue weighted by Crippen LogP contribution is -2.23. The van der Waals surface area contributed by atoms with Crippen LogP contribution in [0.5, 0.6) is 17.2 Å². The third kappa shape index (κ3) is 4.47. The van der Waals surface area contributed by atoms with E-state index < -0.39 is 0 Å². The van der Waals surface area contributed by atoms with Crippen molar-refractivity contribution in [1.29, 1.82) is 0 Å². The fraction of sp³-hybridized carbons (Fsp3) is 0.455. The molecule has 0 amide bonds. The first-order chi connectivity index (χ1) is 11.8. The fourth-order valence-corrected chi connectivity index (χ4v) is 3.70. The van der Waals surface area contributed by atoms with Crippen molar-refractivity contribution >= 4 is 0 Å². The minimum Gasteiger partial charge on any atom is -0.508 e. The van der Waals surface area contributed by atoms with Crippen LogP contribution in [0, 0.1) is 0 Å². The molecule has 0 saturated heterocycles. The zero-order chi connectivity index (χ0) is 18.0. The maximum absolute atomic E-state index is 10.1. The first kappa shape index (κ1) is 17.7. The van der Waals surface area contributed by atoms with Crippen molar-refractivity contribution in [2.24, 2.45) is 0 Å². The van der Waals surface area contributed by atoms with Crippen LogP contribution in [0.3, 0.4) is 0 Å². The van der Waals surface area contributed by atoms with Gasteiger partial charge < -0.3 is 14.9 Å². The van der Waals surface area contributed by atoms with Crippen LogP contribution in [0.1, 0.15) is 69.4 Å². The number of hydrogen-bond donors (Lipinski definition) is 2. The van der Waals surface area contributed by atoms with Crippen molar-refractivity contribution in [1.82, 2.24) is 0 Å². The van der Waals surface area contributed by atoms with Gasteiger partial charge in [-0.1, -0.05) is 18.2 Å². The number of rotatable bonds is 3. The van der Waals surface area contributed by atoms with Crippen LogP contribution < -0.4 is 4.74 Å². The number of ether oxygens (including phenoxy) is 1. The van der Waals surface area contributed by atoms with E-state index in [-0.39, 0.29) is 11.4 Å². The van der Waals surface area contributed by atoms with E-state index >= 15 is 0 Å². The van der Waals surface area contributed by atoms with Crippen LogP contribution in [0.15, 0.2) is 42.5 Å². The molecule has 0 atom stereocenters. The molecule has 25 heavy (non-hydrogen) atoms. The Hall–Kier alpha value is -2.16. The summed E-state index contributed by atoms with van der Waals surface area (Å²) in [6.07, 6.45) is 4.55. The summed E-state index contributed by atoms with van der Waals surface area (Å²) in [4.78, 5) is 0. The number of benzene rings is 2. The van der Waals surface area contributed by atoms with Gasteiger partial charge in [0.25, 0.3) is 0 Å². The Labute approximate surface area is 150 Å². The molecule has 1 aliphatic rings. The average Bonchev–Trinajstić information content (AvgIpc) is 2.57. The SMILES string of the molecule is CC(C)(C)Oc1cc(C2CCC(c3ccc(O)cc3)CC2)ccc1O. The van der Waals surface area contributed by atoms with Gasteiger partial charge in [0.2, 0.25) is 0 Å². The van der Waals surface area contributed by atoms with E-state index in [4.69, 9.17) is 4.74 Å². The number of aromatic hydroxyl groups is 2. The first-order valence-electron chi connectivity index (χ1n) is 9.13. The van der Waals surface area contributed by atoms with E-state index in [1.54, 1.807) is 18.2 Å². The molecule has 3 nitrogen and oxygen atoms in total. The molecular formula is C22H28O3. The van der Waals surface area contributed by atoms with Gasteiger partial charge in [-0.25, -0.2) is 0 Å². The molecule has 0 heterocycles. The molecule has 1 saturated carbocycles.